The third kappa shape index (κ3) is 4.25. The van der Waals surface area contributed by atoms with E-state index in [9.17, 15) is 4.21 Å². The lowest BCUT2D eigenvalue weighted by Crippen LogP contribution is -2.26. The highest BCUT2D eigenvalue weighted by Crippen LogP contribution is 2.31. The molecule has 0 spiro atoms. The van der Waals surface area contributed by atoms with Gasteiger partial charge in [0.25, 0.3) is 5.89 Å². The van der Waals surface area contributed by atoms with E-state index < -0.39 is 10.8 Å². The lowest BCUT2D eigenvalue weighted by atomic mass is 10.2. The Morgan fingerprint density at radius 3 is 2.74 bits per heavy atom. The van der Waals surface area contributed by atoms with Crippen LogP contribution >= 0.6 is 0 Å². The van der Waals surface area contributed by atoms with Crippen LogP contribution in [0.15, 0.2) is 33.7 Å². The standard InChI is InChI=1S/C16H21N3O3S/c1-11-18-16(22-19-11)15-8-5-13(21-15)10-17-9-12-3-6-14(7-4-12)23(2)20/h3-4,6-7,13,15,17H,5,8-10H2,1-2H3/t13-,15+,23-/m1/s1. The number of aryl methyl sites for hydroxylation is 1. The van der Waals surface area contributed by atoms with E-state index >= 15 is 0 Å². The van der Waals surface area contributed by atoms with Crippen molar-refractivity contribution in [1.29, 1.82) is 0 Å². The summed E-state index contributed by atoms with van der Waals surface area (Å²) in [4.78, 5) is 5.08. The third-order valence-electron chi connectivity index (χ3n) is 3.88. The summed E-state index contributed by atoms with van der Waals surface area (Å²) in [5.41, 5.74) is 1.17. The van der Waals surface area contributed by atoms with Crippen molar-refractivity contribution in [3.05, 3.63) is 41.5 Å². The van der Waals surface area contributed by atoms with Gasteiger partial charge in [0.2, 0.25) is 0 Å². The number of hydrogen-bond acceptors (Lipinski definition) is 6. The summed E-state index contributed by atoms with van der Waals surface area (Å²) in [6, 6.07) is 7.83. The molecule has 1 fully saturated rings. The minimum Gasteiger partial charge on any atom is -0.364 e. The maximum absolute atomic E-state index is 11.4. The molecule has 1 aromatic carbocycles. The highest BCUT2D eigenvalue weighted by Gasteiger charge is 2.30. The van der Waals surface area contributed by atoms with Gasteiger partial charge in [0.1, 0.15) is 6.10 Å². The first kappa shape index (κ1) is 16.3. The molecular weight excluding hydrogens is 314 g/mol. The summed E-state index contributed by atoms with van der Waals surface area (Å²) in [6.07, 6.45) is 3.65. The van der Waals surface area contributed by atoms with Crippen LogP contribution in [0, 0.1) is 6.92 Å². The van der Waals surface area contributed by atoms with Gasteiger partial charge in [-0.15, -0.1) is 0 Å². The Bertz CT molecular complexity index is 671. The molecule has 1 N–H and O–H groups in total. The van der Waals surface area contributed by atoms with Crippen molar-refractivity contribution in [2.75, 3.05) is 12.8 Å². The number of hydrogen-bond donors (Lipinski definition) is 1. The van der Waals surface area contributed by atoms with Gasteiger partial charge in [-0.1, -0.05) is 17.3 Å². The van der Waals surface area contributed by atoms with Crippen molar-refractivity contribution in [1.82, 2.24) is 15.5 Å². The lowest BCUT2D eigenvalue weighted by molar-refractivity contribution is 0.0264. The van der Waals surface area contributed by atoms with E-state index in [1.807, 2.05) is 24.3 Å². The molecule has 2 aromatic rings. The normalized spacial score (nSPS) is 22.3. The van der Waals surface area contributed by atoms with E-state index in [0.29, 0.717) is 11.7 Å². The average Bonchev–Trinajstić information content (AvgIpc) is 3.17. The fraction of sp³-hybridized carbons (Fsp3) is 0.500. The quantitative estimate of drug-likeness (QED) is 0.871. The van der Waals surface area contributed by atoms with Gasteiger partial charge in [-0.3, -0.25) is 4.21 Å². The molecule has 3 rings (SSSR count). The molecule has 3 atom stereocenters. The first-order valence-corrected chi connectivity index (χ1v) is 9.26. The second-order valence-corrected chi connectivity index (χ2v) is 7.11. The monoisotopic (exact) mass is 335 g/mol. The predicted molar refractivity (Wildman–Crippen MR) is 86.4 cm³/mol. The molecule has 0 saturated carbocycles. The Balaban J connectivity index is 1.43. The van der Waals surface area contributed by atoms with Crippen molar-refractivity contribution in [3.8, 4) is 0 Å². The molecule has 0 radical (unpaired) electrons. The smallest absolute Gasteiger partial charge is 0.255 e. The van der Waals surface area contributed by atoms with E-state index in [0.717, 1.165) is 30.8 Å². The van der Waals surface area contributed by atoms with Crippen LogP contribution < -0.4 is 5.32 Å². The highest BCUT2D eigenvalue weighted by atomic mass is 32.2. The number of nitrogens with zero attached hydrogens (tertiary/aromatic N) is 2. The molecule has 1 saturated heterocycles. The van der Waals surface area contributed by atoms with Gasteiger partial charge in [-0.25, -0.2) is 0 Å². The summed E-state index contributed by atoms with van der Waals surface area (Å²) >= 11 is 0. The summed E-state index contributed by atoms with van der Waals surface area (Å²) in [5, 5.41) is 7.21. The zero-order chi connectivity index (χ0) is 16.2. The number of benzene rings is 1. The predicted octanol–water partition coefficient (Wildman–Crippen LogP) is 2.13. The maximum atomic E-state index is 11.4. The molecule has 23 heavy (non-hydrogen) atoms. The average molecular weight is 335 g/mol. The lowest BCUT2D eigenvalue weighted by Gasteiger charge is -2.12. The topological polar surface area (TPSA) is 77.2 Å². The minimum atomic E-state index is -0.926. The van der Waals surface area contributed by atoms with Gasteiger partial charge >= 0.3 is 0 Å². The van der Waals surface area contributed by atoms with Gasteiger partial charge in [0.15, 0.2) is 5.82 Å². The van der Waals surface area contributed by atoms with E-state index in [-0.39, 0.29) is 12.2 Å². The van der Waals surface area contributed by atoms with Crippen LogP contribution in [0.3, 0.4) is 0 Å². The Labute approximate surface area is 138 Å². The Morgan fingerprint density at radius 2 is 2.09 bits per heavy atom. The van der Waals surface area contributed by atoms with Crippen LogP contribution in [0.5, 0.6) is 0 Å². The summed E-state index contributed by atoms with van der Waals surface area (Å²) in [7, 11) is -0.926. The van der Waals surface area contributed by atoms with Crippen molar-refractivity contribution in [2.45, 2.75) is 43.4 Å². The number of rotatable bonds is 6. The third-order valence-corrected chi connectivity index (χ3v) is 4.82. The number of ether oxygens (including phenoxy) is 1. The second kappa shape index (κ2) is 7.33. The van der Waals surface area contributed by atoms with Crippen LogP contribution in [-0.4, -0.2) is 33.3 Å². The SMILES string of the molecule is Cc1noc([C@@H]2CC[C@H](CNCc3ccc([S@@](C)=O)cc3)O2)n1. The van der Waals surface area contributed by atoms with Crippen LogP contribution in [0.4, 0.5) is 0 Å². The first-order chi connectivity index (χ1) is 11.1. The van der Waals surface area contributed by atoms with Crippen molar-refractivity contribution < 1.29 is 13.5 Å². The summed E-state index contributed by atoms with van der Waals surface area (Å²) in [5.74, 6) is 1.22. The van der Waals surface area contributed by atoms with E-state index in [1.54, 1.807) is 13.2 Å². The maximum Gasteiger partial charge on any atom is 0.255 e. The van der Waals surface area contributed by atoms with Gasteiger partial charge < -0.3 is 14.6 Å². The fourth-order valence-electron chi connectivity index (χ4n) is 2.66. The molecular formula is C16H21N3O3S. The summed E-state index contributed by atoms with van der Waals surface area (Å²) in [6.45, 7) is 3.35. The minimum absolute atomic E-state index is 0.0817. The summed E-state index contributed by atoms with van der Waals surface area (Å²) < 4.78 is 22.5. The second-order valence-electron chi connectivity index (χ2n) is 5.73. The molecule has 1 aliphatic heterocycles. The molecule has 6 nitrogen and oxygen atoms in total. The van der Waals surface area contributed by atoms with Gasteiger partial charge in [-0.2, -0.15) is 4.98 Å². The Kier molecular flexibility index (Phi) is 5.20. The highest BCUT2D eigenvalue weighted by molar-refractivity contribution is 7.84. The molecule has 2 heterocycles. The first-order valence-electron chi connectivity index (χ1n) is 7.70. The fourth-order valence-corrected chi connectivity index (χ4v) is 3.18. The van der Waals surface area contributed by atoms with Crippen molar-refractivity contribution in [2.24, 2.45) is 0 Å². The molecule has 124 valence electrons. The van der Waals surface area contributed by atoms with E-state index in [4.69, 9.17) is 9.26 Å². The molecule has 0 unspecified atom stereocenters. The van der Waals surface area contributed by atoms with Crippen LogP contribution in [0.2, 0.25) is 0 Å². The zero-order valence-electron chi connectivity index (χ0n) is 13.3. The van der Waals surface area contributed by atoms with Crippen LogP contribution in [-0.2, 0) is 22.1 Å². The molecule has 0 aliphatic carbocycles. The van der Waals surface area contributed by atoms with Gasteiger partial charge in [0.05, 0.1) is 6.10 Å². The molecule has 0 bridgehead atoms. The van der Waals surface area contributed by atoms with Crippen molar-refractivity contribution in [3.63, 3.8) is 0 Å². The Morgan fingerprint density at radius 1 is 1.30 bits per heavy atom. The number of aromatic nitrogens is 2. The molecule has 7 heteroatoms. The largest absolute Gasteiger partial charge is 0.364 e. The molecule has 1 aromatic heterocycles. The van der Waals surface area contributed by atoms with Gasteiger partial charge in [0, 0.05) is 35.0 Å². The Hall–Kier alpha value is -1.57. The number of nitrogens with one attached hydrogen (secondary N) is 1. The van der Waals surface area contributed by atoms with Gasteiger partial charge in [-0.05, 0) is 37.5 Å². The zero-order valence-corrected chi connectivity index (χ0v) is 14.1. The molecule has 0 amide bonds. The van der Waals surface area contributed by atoms with E-state index in [1.165, 1.54) is 5.56 Å². The van der Waals surface area contributed by atoms with Crippen LogP contribution in [0.1, 0.15) is 36.2 Å². The van der Waals surface area contributed by atoms with E-state index in [2.05, 4.69) is 15.5 Å². The molecule has 1 aliphatic rings. The van der Waals surface area contributed by atoms with Crippen molar-refractivity contribution >= 4 is 10.8 Å². The van der Waals surface area contributed by atoms with Crippen LogP contribution in [0.25, 0.3) is 0 Å².